The molecule has 1 aliphatic carbocycles. The van der Waals surface area contributed by atoms with Crippen LogP contribution in [0, 0.1) is 6.92 Å². The van der Waals surface area contributed by atoms with Crippen molar-refractivity contribution in [3.63, 3.8) is 0 Å². The first-order valence-corrected chi connectivity index (χ1v) is 12.4. The van der Waals surface area contributed by atoms with Crippen LogP contribution in [0.1, 0.15) is 52.6 Å². The average molecular weight is 467 g/mol. The first-order valence-electron chi connectivity index (χ1n) is 7.36. The molecular weight excluding hydrogens is 444 g/mol. The van der Waals surface area contributed by atoms with Gasteiger partial charge in [0, 0.05) is 12.5 Å². The van der Waals surface area contributed by atoms with Crippen molar-refractivity contribution in [2.24, 2.45) is 0 Å². The fraction of sp³-hybridized carbons (Fsp3) is 0.500. The first kappa shape index (κ1) is 24.7. The minimum Gasteiger partial charge on any atom is -0.748 e. The Morgan fingerprint density at radius 1 is 1.00 bits per heavy atom. The molecule has 1 aromatic carbocycles. The van der Waals surface area contributed by atoms with Crippen molar-refractivity contribution >= 4 is 26.3 Å². The van der Waals surface area contributed by atoms with E-state index in [1.807, 2.05) is 0 Å². The van der Waals surface area contributed by atoms with Crippen molar-refractivity contribution in [2.45, 2.75) is 37.2 Å². The Labute approximate surface area is 166 Å². The molecule has 0 fully saturated rings. The summed E-state index contributed by atoms with van der Waals surface area (Å²) in [4.78, 5) is 0. The van der Waals surface area contributed by atoms with Crippen LogP contribution in [0.5, 0.6) is 0 Å². The van der Waals surface area contributed by atoms with E-state index in [-0.39, 0.29) is 0 Å². The summed E-state index contributed by atoms with van der Waals surface area (Å²) in [7, 11) is -7.83. The number of allylic oxidation sites excluding steroid dienone is 1. The van der Waals surface area contributed by atoms with E-state index >= 15 is 0 Å². The number of aryl methyl sites for hydroxylation is 1. The van der Waals surface area contributed by atoms with Crippen molar-refractivity contribution in [1.82, 2.24) is 0 Å². The molecule has 0 saturated carbocycles. The largest absolute Gasteiger partial charge is 0.748 e. The van der Waals surface area contributed by atoms with E-state index in [1.54, 1.807) is 35.9 Å². The Kier molecular flexibility index (Phi) is 9.43. The molecule has 6 nitrogen and oxygen atoms in total. The van der Waals surface area contributed by atoms with Gasteiger partial charge >= 0.3 is 108 Å². The second-order valence-electron chi connectivity index (χ2n) is 6.18. The number of fused-ring (bicyclic) bond motifs is 1. The van der Waals surface area contributed by atoms with Crippen molar-refractivity contribution in [3.05, 3.63) is 40.0 Å². The van der Waals surface area contributed by atoms with Crippen LogP contribution in [0.15, 0.2) is 17.7 Å². The summed E-state index contributed by atoms with van der Waals surface area (Å²) in [6, 6.07) is 4.59. The summed E-state index contributed by atoms with van der Waals surface area (Å²) in [5.41, 5.74) is 7.63. The number of benzene rings is 1. The van der Waals surface area contributed by atoms with Gasteiger partial charge < -0.3 is 9.11 Å². The molecule has 0 N–H and O–H groups in total. The Morgan fingerprint density at radius 3 is 1.76 bits per heavy atom. The minimum absolute atomic E-state index is 0.604. The van der Waals surface area contributed by atoms with E-state index in [2.05, 4.69) is 45.9 Å². The summed E-state index contributed by atoms with van der Waals surface area (Å²) in [6.45, 7) is 9.07. The second-order valence-corrected chi connectivity index (χ2v) is 10.4. The predicted molar refractivity (Wildman–Crippen MR) is 92.9 cm³/mol. The van der Waals surface area contributed by atoms with Crippen molar-refractivity contribution < 1.29 is 50.7 Å². The van der Waals surface area contributed by atoms with Crippen LogP contribution in [0.2, 0.25) is 0 Å². The Hall–Kier alpha value is -0.337. The van der Waals surface area contributed by atoms with Crippen LogP contribution in [0.25, 0.3) is 6.08 Å². The topological polar surface area (TPSA) is 114 Å². The Bertz CT molecular complexity index is 794. The maximum atomic E-state index is 9.08. The number of hydrogen-bond donors (Lipinski definition) is 0. The molecule has 0 aromatic heterocycles. The molecule has 9 heteroatoms. The molecule has 0 heterocycles. The zero-order chi connectivity index (χ0) is 20.2. The summed E-state index contributed by atoms with van der Waals surface area (Å²) in [6.07, 6.45) is 3.61. The van der Waals surface area contributed by atoms with Crippen molar-refractivity contribution in [3.8, 4) is 0 Å². The van der Waals surface area contributed by atoms with Gasteiger partial charge in [-0.15, -0.1) is 0 Å². The quantitative estimate of drug-likeness (QED) is 0.587. The van der Waals surface area contributed by atoms with Crippen molar-refractivity contribution in [2.75, 3.05) is 12.5 Å². The summed E-state index contributed by atoms with van der Waals surface area (Å²) >= 11 is 1.62. The molecular formula is C16H23O6S2Zr. The molecule has 1 aromatic rings. The molecule has 0 aliphatic heterocycles. The van der Waals surface area contributed by atoms with Gasteiger partial charge in [-0.25, -0.2) is 16.8 Å². The average Bonchev–Trinajstić information content (AvgIpc) is 2.62. The van der Waals surface area contributed by atoms with E-state index in [9.17, 15) is 0 Å². The molecule has 1 aliphatic rings. The summed E-state index contributed by atoms with van der Waals surface area (Å²) in [5.74, 6) is 0.629. The van der Waals surface area contributed by atoms with Crippen LogP contribution >= 0.6 is 0 Å². The molecule has 0 saturated heterocycles. The van der Waals surface area contributed by atoms with Gasteiger partial charge in [-0.2, -0.15) is 0 Å². The van der Waals surface area contributed by atoms with E-state index < -0.39 is 20.2 Å². The standard InChI is InChI=1S/C14H17.2CH4O3S.Zr/c1-9(2)12-6-5-11(4)13-7-10(3)8-14(12)13;2*1-5(2,3)4;/h5-9H,1-4H3;2*1H3,(H,2,3,4);/q;;;+2/p-2. The van der Waals surface area contributed by atoms with E-state index in [1.165, 1.54) is 16.7 Å². The van der Waals surface area contributed by atoms with Gasteiger partial charge in [0.1, 0.15) is 0 Å². The van der Waals surface area contributed by atoms with E-state index in [0.717, 1.165) is 0 Å². The second kappa shape index (κ2) is 9.56. The third kappa shape index (κ3) is 10.4. The summed E-state index contributed by atoms with van der Waals surface area (Å²) in [5, 5.41) is 0. The number of hydrogen-bond acceptors (Lipinski definition) is 6. The minimum atomic E-state index is -3.92. The van der Waals surface area contributed by atoms with Gasteiger partial charge in [0.25, 0.3) is 0 Å². The van der Waals surface area contributed by atoms with Crippen LogP contribution in [-0.2, 0) is 45.0 Å². The fourth-order valence-corrected chi connectivity index (χ4v) is 3.50. The molecule has 0 bridgehead atoms. The molecule has 2 rings (SSSR count). The molecule has 1 atom stereocenters. The van der Waals surface area contributed by atoms with Crippen molar-refractivity contribution in [1.29, 1.82) is 0 Å². The first-order chi connectivity index (χ1) is 11.0. The third-order valence-electron chi connectivity index (χ3n) is 3.28. The molecule has 25 heavy (non-hydrogen) atoms. The summed E-state index contributed by atoms with van der Waals surface area (Å²) < 4.78 is 55.2. The SMILES string of the molecule is CC1=Cc2c(C(C)C)ccc(C)c2[CH]1[Zr+2].CS(=O)(=O)[O-].CS(=O)(=O)[O-]. The Balaban J connectivity index is 0.000000480. The number of rotatable bonds is 1. The molecule has 1 unspecified atom stereocenters. The zero-order valence-corrected chi connectivity index (χ0v) is 19.2. The van der Waals surface area contributed by atoms with Gasteiger partial charge in [0.05, 0.1) is 20.2 Å². The van der Waals surface area contributed by atoms with Crippen LogP contribution in [-0.4, -0.2) is 38.5 Å². The maximum absolute atomic E-state index is 9.08. The van der Waals surface area contributed by atoms with Gasteiger partial charge in [-0.3, -0.25) is 0 Å². The van der Waals surface area contributed by atoms with E-state index in [0.29, 0.717) is 22.1 Å². The molecule has 0 amide bonds. The monoisotopic (exact) mass is 465 g/mol. The van der Waals surface area contributed by atoms with Gasteiger partial charge in [0.15, 0.2) is 0 Å². The van der Waals surface area contributed by atoms with Gasteiger partial charge in [0.2, 0.25) is 0 Å². The van der Waals surface area contributed by atoms with E-state index in [4.69, 9.17) is 25.9 Å². The van der Waals surface area contributed by atoms with Crippen LogP contribution in [0.3, 0.4) is 0 Å². The molecule has 0 spiro atoms. The predicted octanol–water partition coefficient (Wildman–Crippen LogP) is 2.45. The Morgan fingerprint density at radius 2 is 1.40 bits per heavy atom. The van der Waals surface area contributed by atoms with Crippen LogP contribution in [0.4, 0.5) is 0 Å². The maximum Gasteiger partial charge on any atom is 0.0916 e. The van der Waals surface area contributed by atoms with Gasteiger partial charge in [-0.1, -0.05) is 0 Å². The van der Waals surface area contributed by atoms with Gasteiger partial charge in [-0.05, 0) is 0 Å². The third-order valence-corrected chi connectivity index (χ3v) is 5.11. The zero-order valence-electron chi connectivity index (χ0n) is 15.2. The molecule has 0 radical (unpaired) electrons. The van der Waals surface area contributed by atoms with Crippen LogP contribution < -0.4 is 0 Å². The molecule has 139 valence electrons. The fourth-order valence-electron chi connectivity index (χ4n) is 2.35. The smallest absolute Gasteiger partial charge is 0.0916 e. The normalized spacial score (nSPS) is 16.3.